The van der Waals surface area contributed by atoms with Crippen molar-refractivity contribution in [1.29, 1.82) is 0 Å². The zero-order valence-electron chi connectivity index (χ0n) is 34.5. The molecular weight excluding hydrogens is 761 g/mol. The standard InChI is InChI=1S/C62H40O/c1-6-19-41(20-7-1)49-37-54(43-23-10-3-11-24-43)61-57(39-49)58-40-50(42-21-8-2-9-22-42)38-55(62(58)63-61)48-30-18-29-46(35-48)47-33-34-53-56(36-47)60(45-27-14-5-15-28-45)52-32-17-16-31-51(52)59(53)44-25-12-4-13-26-44/h1-40H. The largest absolute Gasteiger partial charge is 0.455 e. The van der Waals surface area contributed by atoms with E-state index >= 15 is 0 Å². The van der Waals surface area contributed by atoms with Crippen LogP contribution < -0.4 is 0 Å². The van der Waals surface area contributed by atoms with Gasteiger partial charge in [-0.2, -0.15) is 0 Å². The van der Waals surface area contributed by atoms with Crippen molar-refractivity contribution in [2.24, 2.45) is 0 Å². The molecule has 0 unspecified atom stereocenters. The fourth-order valence-corrected chi connectivity index (χ4v) is 9.68. The van der Waals surface area contributed by atoms with Crippen LogP contribution in [0, 0.1) is 0 Å². The van der Waals surface area contributed by atoms with E-state index in [-0.39, 0.29) is 0 Å². The third kappa shape index (κ3) is 6.42. The van der Waals surface area contributed by atoms with Gasteiger partial charge >= 0.3 is 0 Å². The number of hydrogen-bond donors (Lipinski definition) is 0. The lowest BCUT2D eigenvalue weighted by molar-refractivity contribution is 0.671. The van der Waals surface area contributed by atoms with E-state index in [0.29, 0.717) is 0 Å². The number of benzene rings is 11. The predicted molar refractivity (Wildman–Crippen MR) is 267 cm³/mol. The van der Waals surface area contributed by atoms with Gasteiger partial charge in [0.1, 0.15) is 11.2 Å². The molecule has 0 atom stereocenters. The topological polar surface area (TPSA) is 13.1 Å². The van der Waals surface area contributed by atoms with Gasteiger partial charge in [-0.1, -0.05) is 206 Å². The van der Waals surface area contributed by atoms with E-state index in [9.17, 15) is 0 Å². The van der Waals surface area contributed by atoms with Crippen LogP contribution in [0.3, 0.4) is 0 Å². The van der Waals surface area contributed by atoms with Crippen molar-refractivity contribution < 1.29 is 4.42 Å². The SMILES string of the molecule is c1ccc(-c2cc(-c3ccccc3)c3oc4c(-c5cccc(-c6ccc7c(-c8ccccc8)c8ccccc8c(-c8ccccc8)c7c6)c5)cc(-c5ccccc5)cc4c3c2)cc1. The summed E-state index contributed by atoms with van der Waals surface area (Å²) < 4.78 is 7.17. The normalized spacial score (nSPS) is 11.5. The molecule has 0 spiro atoms. The van der Waals surface area contributed by atoms with Crippen molar-refractivity contribution in [1.82, 2.24) is 0 Å². The van der Waals surface area contributed by atoms with E-state index in [0.717, 1.165) is 72.0 Å². The van der Waals surface area contributed by atoms with Crippen LogP contribution in [0.25, 0.3) is 121 Å². The van der Waals surface area contributed by atoms with Crippen LogP contribution in [-0.4, -0.2) is 0 Å². The molecule has 0 aliphatic carbocycles. The Morgan fingerprint density at radius 2 is 0.556 bits per heavy atom. The molecule has 63 heavy (non-hydrogen) atoms. The molecule has 0 amide bonds. The summed E-state index contributed by atoms with van der Waals surface area (Å²) in [5, 5.41) is 7.17. The molecule has 12 aromatic rings. The average Bonchev–Trinajstić information content (AvgIpc) is 3.75. The van der Waals surface area contributed by atoms with Gasteiger partial charge in [-0.15, -0.1) is 0 Å². The first-order valence-electron chi connectivity index (χ1n) is 21.7. The smallest absolute Gasteiger partial charge is 0.143 e. The van der Waals surface area contributed by atoms with Crippen molar-refractivity contribution >= 4 is 43.5 Å². The van der Waals surface area contributed by atoms with Crippen molar-refractivity contribution in [3.8, 4) is 77.9 Å². The molecule has 11 aromatic carbocycles. The Morgan fingerprint density at radius 1 is 0.190 bits per heavy atom. The van der Waals surface area contributed by atoms with E-state index in [1.54, 1.807) is 0 Å². The van der Waals surface area contributed by atoms with E-state index in [1.807, 2.05) is 0 Å². The van der Waals surface area contributed by atoms with Gasteiger partial charge in [0.25, 0.3) is 0 Å². The summed E-state index contributed by atoms with van der Waals surface area (Å²) in [6, 6.07) is 87.8. The second kappa shape index (κ2) is 15.3. The molecule has 0 bridgehead atoms. The molecule has 0 aliphatic heterocycles. The van der Waals surface area contributed by atoms with Crippen LogP contribution in [0.4, 0.5) is 0 Å². The molecule has 0 saturated heterocycles. The summed E-state index contributed by atoms with van der Waals surface area (Å²) in [6.45, 7) is 0. The maximum absolute atomic E-state index is 7.17. The van der Waals surface area contributed by atoms with Crippen molar-refractivity contribution in [3.63, 3.8) is 0 Å². The van der Waals surface area contributed by atoms with Gasteiger partial charge in [-0.3, -0.25) is 0 Å². The quantitative estimate of drug-likeness (QED) is 0.146. The van der Waals surface area contributed by atoms with Gasteiger partial charge in [-0.05, 0) is 125 Å². The summed E-state index contributed by atoms with van der Waals surface area (Å²) in [4.78, 5) is 0. The zero-order valence-corrected chi connectivity index (χ0v) is 34.5. The third-order valence-electron chi connectivity index (χ3n) is 12.6. The average molecular weight is 801 g/mol. The molecular formula is C62H40O. The lowest BCUT2D eigenvalue weighted by Crippen LogP contribution is -1.91. The van der Waals surface area contributed by atoms with E-state index in [2.05, 4.69) is 243 Å². The zero-order chi connectivity index (χ0) is 41.7. The maximum Gasteiger partial charge on any atom is 0.143 e. The molecule has 0 saturated carbocycles. The first kappa shape index (κ1) is 36.6. The van der Waals surface area contributed by atoms with E-state index in [4.69, 9.17) is 4.42 Å². The molecule has 1 heterocycles. The van der Waals surface area contributed by atoms with Gasteiger partial charge in [0.15, 0.2) is 0 Å². The molecule has 12 rings (SSSR count). The molecule has 294 valence electrons. The van der Waals surface area contributed by atoms with Crippen molar-refractivity contribution in [2.45, 2.75) is 0 Å². The van der Waals surface area contributed by atoms with Gasteiger partial charge in [0.2, 0.25) is 0 Å². The highest BCUT2D eigenvalue weighted by Gasteiger charge is 2.21. The van der Waals surface area contributed by atoms with Gasteiger partial charge in [0, 0.05) is 21.9 Å². The van der Waals surface area contributed by atoms with Crippen molar-refractivity contribution in [2.75, 3.05) is 0 Å². The predicted octanol–water partition coefficient (Wildman–Crippen LogP) is 17.6. The maximum atomic E-state index is 7.17. The minimum Gasteiger partial charge on any atom is -0.455 e. The van der Waals surface area contributed by atoms with E-state index < -0.39 is 0 Å². The highest BCUT2D eigenvalue weighted by molar-refractivity contribution is 6.22. The summed E-state index contributed by atoms with van der Waals surface area (Å²) in [5.41, 5.74) is 18.0. The number of rotatable bonds is 7. The summed E-state index contributed by atoms with van der Waals surface area (Å²) in [7, 11) is 0. The monoisotopic (exact) mass is 800 g/mol. The summed E-state index contributed by atoms with van der Waals surface area (Å²) in [6.07, 6.45) is 0. The van der Waals surface area contributed by atoms with Crippen LogP contribution >= 0.6 is 0 Å². The van der Waals surface area contributed by atoms with Gasteiger partial charge < -0.3 is 4.42 Å². The minimum atomic E-state index is 0.882. The minimum absolute atomic E-state index is 0.882. The lowest BCUT2D eigenvalue weighted by atomic mass is 9.84. The highest BCUT2D eigenvalue weighted by atomic mass is 16.3. The second-order valence-electron chi connectivity index (χ2n) is 16.4. The van der Waals surface area contributed by atoms with Gasteiger partial charge in [-0.25, -0.2) is 0 Å². The van der Waals surface area contributed by atoms with E-state index in [1.165, 1.54) is 49.4 Å². The Balaban J connectivity index is 1.10. The number of furan rings is 1. The van der Waals surface area contributed by atoms with Crippen LogP contribution in [0.15, 0.2) is 247 Å². The number of hydrogen-bond acceptors (Lipinski definition) is 1. The summed E-state index contributed by atoms with van der Waals surface area (Å²) in [5.74, 6) is 0. The first-order chi connectivity index (χ1) is 31.2. The van der Waals surface area contributed by atoms with Gasteiger partial charge in [0.05, 0.1) is 0 Å². The fourth-order valence-electron chi connectivity index (χ4n) is 9.68. The van der Waals surface area contributed by atoms with Crippen LogP contribution in [0.5, 0.6) is 0 Å². The molecule has 0 aliphatic rings. The van der Waals surface area contributed by atoms with Crippen LogP contribution in [0.1, 0.15) is 0 Å². The fraction of sp³-hybridized carbons (Fsp3) is 0. The Bertz CT molecular complexity index is 3630. The Hall–Kier alpha value is -8.26. The molecule has 0 fully saturated rings. The third-order valence-corrected chi connectivity index (χ3v) is 12.6. The number of fused-ring (bicyclic) bond motifs is 5. The van der Waals surface area contributed by atoms with Crippen molar-refractivity contribution in [3.05, 3.63) is 243 Å². The summed E-state index contributed by atoms with van der Waals surface area (Å²) >= 11 is 0. The molecule has 0 N–H and O–H groups in total. The highest BCUT2D eigenvalue weighted by Crippen LogP contribution is 2.47. The second-order valence-corrected chi connectivity index (χ2v) is 16.4. The Morgan fingerprint density at radius 3 is 1.08 bits per heavy atom. The Kier molecular flexibility index (Phi) is 8.90. The Labute approximate surface area is 366 Å². The van der Waals surface area contributed by atoms with Crippen LogP contribution in [0.2, 0.25) is 0 Å². The lowest BCUT2D eigenvalue weighted by Gasteiger charge is -2.19. The molecule has 1 aromatic heterocycles. The first-order valence-corrected chi connectivity index (χ1v) is 21.7. The van der Waals surface area contributed by atoms with Crippen LogP contribution in [-0.2, 0) is 0 Å². The molecule has 1 nitrogen and oxygen atoms in total. The molecule has 0 radical (unpaired) electrons. The molecule has 1 heteroatoms.